The van der Waals surface area contributed by atoms with Crippen LogP contribution in [0.3, 0.4) is 0 Å². The van der Waals surface area contributed by atoms with Crippen LogP contribution in [0.25, 0.3) is 10.9 Å². The van der Waals surface area contributed by atoms with Gasteiger partial charge in [-0.25, -0.2) is 0 Å². The maximum atomic E-state index is 12.4. The molecule has 0 spiro atoms. The molecule has 2 nitrogen and oxygen atoms in total. The highest BCUT2D eigenvalue weighted by Gasteiger charge is 2.23. The molecule has 0 aliphatic heterocycles. The summed E-state index contributed by atoms with van der Waals surface area (Å²) < 4.78 is 0. The Kier molecular flexibility index (Phi) is 4.02. The van der Waals surface area contributed by atoms with Gasteiger partial charge in [-0.05, 0) is 36.6 Å². The van der Waals surface area contributed by atoms with Crippen molar-refractivity contribution in [3.05, 3.63) is 41.0 Å². The van der Waals surface area contributed by atoms with Crippen molar-refractivity contribution >= 4 is 28.3 Å². The van der Waals surface area contributed by atoms with Gasteiger partial charge in [-0.3, -0.25) is 9.78 Å². The predicted molar refractivity (Wildman–Crippen MR) is 82.2 cm³/mol. The zero-order valence-electron chi connectivity index (χ0n) is 11.4. The first-order chi connectivity index (χ1) is 9.75. The minimum Gasteiger partial charge on any atom is -0.299 e. The second-order valence-corrected chi connectivity index (χ2v) is 5.97. The number of nitrogens with zero attached hydrogens (tertiary/aromatic N) is 1. The predicted octanol–water partition coefficient (Wildman–Crippen LogP) is 4.90. The average molecular weight is 288 g/mol. The molecule has 1 aliphatic rings. The van der Waals surface area contributed by atoms with E-state index in [4.69, 9.17) is 11.6 Å². The van der Waals surface area contributed by atoms with Gasteiger partial charge in [0.1, 0.15) is 5.78 Å². The zero-order valence-corrected chi connectivity index (χ0v) is 12.2. The lowest BCUT2D eigenvalue weighted by Crippen LogP contribution is -2.15. The molecule has 1 heterocycles. The summed E-state index contributed by atoms with van der Waals surface area (Å²) in [5, 5.41) is 1.75. The number of carbonyl (C=O) groups excluding carboxylic acids is 1. The maximum absolute atomic E-state index is 12.4. The molecule has 0 N–H and O–H groups in total. The summed E-state index contributed by atoms with van der Waals surface area (Å²) >= 11 is 6.03. The molecule has 1 aromatic heterocycles. The van der Waals surface area contributed by atoms with Crippen molar-refractivity contribution in [3.63, 3.8) is 0 Å². The molecule has 1 atom stereocenters. The number of Topliss-reactive ketones (excluding diaryl/α,β-unsaturated/α-hetero) is 1. The van der Waals surface area contributed by atoms with Crippen LogP contribution in [0.2, 0.25) is 5.02 Å². The lowest BCUT2D eigenvalue weighted by atomic mass is 9.83. The number of fused-ring (bicyclic) bond motifs is 1. The lowest BCUT2D eigenvalue weighted by molar-refractivity contribution is -0.121. The van der Waals surface area contributed by atoms with Crippen LogP contribution < -0.4 is 0 Å². The Morgan fingerprint density at radius 2 is 1.95 bits per heavy atom. The first-order valence-electron chi connectivity index (χ1n) is 7.32. The molecule has 1 unspecified atom stereocenters. The second-order valence-electron chi connectivity index (χ2n) is 5.53. The van der Waals surface area contributed by atoms with Gasteiger partial charge in [-0.15, -0.1) is 0 Å². The largest absolute Gasteiger partial charge is 0.299 e. The van der Waals surface area contributed by atoms with E-state index in [0.717, 1.165) is 35.7 Å². The Bertz CT molecular complexity index is 638. The molecule has 1 aromatic carbocycles. The summed E-state index contributed by atoms with van der Waals surface area (Å²) in [6.07, 6.45) is 8.05. The zero-order chi connectivity index (χ0) is 13.9. The molecule has 3 rings (SSSR count). The summed E-state index contributed by atoms with van der Waals surface area (Å²) in [5.41, 5.74) is 2.00. The van der Waals surface area contributed by atoms with Gasteiger partial charge in [-0.1, -0.05) is 36.9 Å². The van der Waals surface area contributed by atoms with E-state index in [-0.39, 0.29) is 5.92 Å². The van der Waals surface area contributed by atoms with Crippen LogP contribution in [0.15, 0.2) is 30.5 Å². The molecule has 104 valence electrons. The molecular weight excluding hydrogens is 270 g/mol. The van der Waals surface area contributed by atoms with Gasteiger partial charge >= 0.3 is 0 Å². The molecule has 0 radical (unpaired) electrons. The normalized spacial score (nSPS) is 20.6. The number of hydrogen-bond donors (Lipinski definition) is 0. The molecule has 0 amide bonds. The van der Waals surface area contributed by atoms with Crippen molar-refractivity contribution in [1.29, 1.82) is 0 Å². The van der Waals surface area contributed by atoms with Gasteiger partial charge in [0.05, 0.1) is 5.52 Å². The van der Waals surface area contributed by atoms with E-state index in [9.17, 15) is 4.79 Å². The van der Waals surface area contributed by atoms with Crippen molar-refractivity contribution in [1.82, 2.24) is 4.98 Å². The Hall–Kier alpha value is -1.41. The monoisotopic (exact) mass is 287 g/mol. The molecule has 0 saturated heterocycles. The fourth-order valence-electron chi connectivity index (χ4n) is 3.11. The molecule has 3 heteroatoms. The van der Waals surface area contributed by atoms with Crippen molar-refractivity contribution < 1.29 is 4.79 Å². The van der Waals surface area contributed by atoms with Crippen LogP contribution >= 0.6 is 11.6 Å². The minimum atomic E-state index is 0.0296. The van der Waals surface area contributed by atoms with Gasteiger partial charge in [0.15, 0.2) is 0 Å². The summed E-state index contributed by atoms with van der Waals surface area (Å²) in [4.78, 5) is 16.8. The summed E-state index contributed by atoms with van der Waals surface area (Å²) in [5.74, 6) is 0.411. The summed E-state index contributed by atoms with van der Waals surface area (Å²) in [6, 6.07) is 7.74. The highest BCUT2D eigenvalue weighted by molar-refractivity contribution is 6.31. The van der Waals surface area contributed by atoms with Crippen LogP contribution in [0.5, 0.6) is 0 Å². The molecule has 0 bridgehead atoms. The molecular formula is C17H18ClNO. The second kappa shape index (κ2) is 5.92. The first kappa shape index (κ1) is 13.6. The van der Waals surface area contributed by atoms with Crippen molar-refractivity contribution in [3.8, 4) is 0 Å². The Balaban J connectivity index is 2.05. The first-order valence-corrected chi connectivity index (χ1v) is 7.70. The summed E-state index contributed by atoms with van der Waals surface area (Å²) in [6.45, 7) is 0. The van der Waals surface area contributed by atoms with Gasteiger partial charge in [0.2, 0.25) is 0 Å². The van der Waals surface area contributed by atoms with E-state index in [1.807, 2.05) is 24.3 Å². The average Bonchev–Trinajstić information content (AvgIpc) is 2.43. The minimum absolute atomic E-state index is 0.0296. The highest BCUT2D eigenvalue weighted by Crippen LogP contribution is 2.33. The third-order valence-corrected chi connectivity index (χ3v) is 4.40. The van der Waals surface area contributed by atoms with Gasteiger partial charge in [-0.2, -0.15) is 0 Å². The van der Waals surface area contributed by atoms with Crippen LogP contribution in [0.1, 0.15) is 50.0 Å². The number of carbonyl (C=O) groups is 1. The topological polar surface area (TPSA) is 30.0 Å². The summed E-state index contributed by atoms with van der Waals surface area (Å²) in [7, 11) is 0. The molecule has 20 heavy (non-hydrogen) atoms. The maximum Gasteiger partial charge on any atom is 0.140 e. The van der Waals surface area contributed by atoms with E-state index >= 15 is 0 Å². The standard InChI is InChI=1S/C17H18ClNO/c18-12-7-8-14-13(9-10-19-16(14)11-12)15-5-3-1-2-4-6-17(15)20/h7-11,15H,1-6H2. The highest BCUT2D eigenvalue weighted by atomic mass is 35.5. The van der Waals surface area contributed by atoms with Gasteiger partial charge in [0, 0.05) is 28.9 Å². The molecule has 2 aromatic rings. The fourth-order valence-corrected chi connectivity index (χ4v) is 3.28. The smallest absolute Gasteiger partial charge is 0.140 e. The number of benzene rings is 1. The molecule has 1 saturated carbocycles. The number of aromatic nitrogens is 1. The van der Waals surface area contributed by atoms with Crippen LogP contribution in [0.4, 0.5) is 0 Å². The third-order valence-electron chi connectivity index (χ3n) is 4.17. The van der Waals surface area contributed by atoms with Crippen molar-refractivity contribution in [2.75, 3.05) is 0 Å². The van der Waals surface area contributed by atoms with Crippen molar-refractivity contribution in [2.45, 2.75) is 44.4 Å². The van der Waals surface area contributed by atoms with E-state index in [1.165, 1.54) is 12.8 Å². The Morgan fingerprint density at radius 3 is 2.85 bits per heavy atom. The Labute approximate surface area is 124 Å². The number of halogens is 1. The number of pyridine rings is 1. The van der Waals surface area contributed by atoms with Crippen LogP contribution in [-0.4, -0.2) is 10.8 Å². The van der Waals surface area contributed by atoms with E-state index in [0.29, 0.717) is 17.2 Å². The van der Waals surface area contributed by atoms with Crippen LogP contribution in [0, 0.1) is 0 Å². The third kappa shape index (κ3) is 2.71. The number of ketones is 1. The number of rotatable bonds is 1. The van der Waals surface area contributed by atoms with Gasteiger partial charge in [0.25, 0.3) is 0 Å². The van der Waals surface area contributed by atoms with Gasteiger partial charge < -0.3 is 0 Å². The molecule has 1 fully saturated rings. The lowest BCUT2D eigenvalue weighted by Gasteiger charge is -2.20. The SMILES string of the molecule is O=C1CCCCCCC1c1ccnc2cc(Cl)ccc12. The van der Waals surface area contributed by atoms with E-state index in [2.05, 4.69) is 4.98 Å². The van der Waals surface area contributed by atoms with E-state index in [1.54, 1.807) is 6.20 Å². The van der Waals surface area contributed by atoms with E-state index < -0.39 is 0 Å². The Morgan fingerprint density at radius 1 is 1.10 bits per heavy atom. The molecule has 1 aliphatic carbocycles. The van der Waals surface area contributed by atoms with Crippen LogP contribution in [-0.2, 0) is 4.79 Å². The van der Waals surface area contributed by atoms with Crippen molar-refractivity contribution in [2.24, 2.45) is 0 Å². The number of hydrogen-bond acceptors (Lipinski definition) is 2. The fraction of sp³-hybridized carbons (Fsp3) is 0.412. The quantitative estimate of drug-likeness (QED) is 0.747.